The van der Waals surface area contributed by atoms with Gasteiger partial charge in [-0.1, -0.05) is 12.1 Å². The number of fused-ring (bicyclic) bond motifs is 1. The van der Waals surface area contributed by atoms with E-state index in [1.807, 2.05) is 12.1 Å². The minimum atomic E-state index is -0.709. The quantitative estimate of drug-likeness (QED) is 0.764. The van der Waals surface area contributed by atoms with Gasteiger partial charge in [-0.25, -0.2) is 4.39 Å². The summed E-state index contributed by atoms with van der Waals surface area (Å²) in [5, 5.41) is 11.2. The molecule has 0 aliphatic carbocycles. The molecular weight excluding hydrogens is 249 g/mol. The van der Waals surface area contributed by atoms with Crippen LogP contribution in [0.25, 0.3) is 10.1 Å². The smallest absolute Gasteiger partial charge is 0.124 e. The number of nitrogens with zero attached hydrogens (tertiary/aromatic N) is 1. The Balaban J connectivity index is 2.04. The zero-order valence-electron chi connectivity index (χ0n) is 9.38. The van der Waals surface area contributed by atoms with Crippen molar-refractivity contribution in [1.29, 1.82) is 0 Å². The second-order valence-electron chi connectivity index (χ2n) is 4.02. The predicted octanol–water partition coefficient (Wildman–Crippen LogP) is 3.52. The normalized spacial score (nSPS) is 12.8. The first-order chi connectivity index (χ1) is 8.74. The van der Waals surface area contributed by atoms with Crippen molar-refractivity contribution in [2.45, 2.75) is 6.10 Å². The van der Waals surface area contributed by atoms with Crippen molar-refractivity contribution < 1.29 is 9.50 Å². The predicted molar refractivity (Wildman–Crippen MR) is 70.1 cm³/mol. The summed E-state index contributed by atoms with van der Waals surface area (Å²) < 4.78 is 13.9. The van der Waals surface area contributed by atoms with E-state index in [1.165, 1.54) is 23.5 Å². The number of aliphatic hydroxyl groups is 1. The Labute approximate surface area is 107 Å². The first-order valence-corrected chi connectivity index (χ1v) is 6.33. The molecule has 0 aliphatic heterocycles. The highest BCUT2D eigenvalue weighted by Gasteiger charge is 2.13. The van der Waals surface area contributed by atoms with Crippen LogP contribution >= 0.6 is 11.3 Å². The minimum Gasteiger partial charge on any atom is -0.383 e. The summed E-state index contributed by atoms with van der Waals surface area (Å²) in [6.45, 7) is 0. The molecule has 3 aromatic rings. The van der Waals surface area contributed by atoms with Gasteiger partial charge in [0.25, 0.3) is 0 Å². The van der Waals surface area contributed by atoms with Crippen LogP contribution in [0.1, 0.15) is 16.5 Å². The fraction of sp³-hybridized carbons (Fsp3) is 0.0714. The summed E-state index contributed by atoms with van der Waals surface area (Å²) >= 11 is 1.40. The van der Waals surface area contributed by atoms with Crippen molar-refractivity contribution in [3.05, 3.63) is 65.0 Å². The Morgan fingerprint density at radius 3 is 2.89 bits per heavy atom. The lowest BCUT2D eigenvalue weighted by Gasteiger charge is -2.07. The molecule has 1 atom stereocenters. The molecular formula is C14H10FNOS. The van der Waals surface area contributed by atoms with Crippen LogP contribution in [0.2, 0.25) is 0 Å². The summed E-state index contributed by atoms with van der Waals surface area (Å²) in [5.74, 6) is -0.258. The van der Waals surface area contributed by atoms with Crippen molar-refractivity contribution in [3.8, 4) is 0 Å². The van der Waals surface area contributed by atoms with Gasteiger partial charge in [0.05, 0.1) is 0 Å². The molecule has 0 amide bonds. The topological polar surface area (TPSA) is 33.1 Å². The number of aliphatic hydroxyl groups excluding tert-OH is 1. The number of hydrogen-bond donors (Lipinski definition) is 1. The van der Waals surface area contributed by atoms with Crippen molar-refractivity contribution in [3.63, 3.8) is 0 Å². The SMILES string of the molecule is OC(c1cccnc1)c1cc2ccc(F)cc2s1. The highest BCUT2D eigenvalue weighted by atomic mass is 32.1. The number of halogens is 1. The average Bonchev–Trinajstić information content (AvgIpc) is 2.81. The van der Waals surface area contributed by atoms with E-state index in [1.54, 1.807) is 24.5 Å². The van der Waals surface area contributed by atoms with Crippen LogP contribution < -0.4 is 0 Å². The molecule has 0 fully saturated rings. The molecule has 1 aromatic carbocycles. The van der Waals surface area contributed by atoms with Crippen molar-refractivity contribution in [2.75, 3.05) is 0 Å². The van der Waals surface area contributed by atoms with Crippen molar-refractivity contribution in [2.24, 2.45) is 0 Å². The van der Waals surface area contributed by atoms with Gasteiger partial charge < -0.3 is 5.11 Å². The van der Waals surface area contributed by atoms with Crippen LogP contribution in [-0.2, 0) is 0 Å². The van der Waals surface area contributed by atoms with Crippen LogP contribution in [0, 0.1) is 5.82 Å². The Bertz CT molecular complexity index is 681. The average molecular weight is 259 g/mol. The number of thiophene rings is 1. The molecule has 2 aromatic heterocycles. The molecule has 1 unspecified atom stereocenters. The second-order valence-corrected chi connectivity index (χ2v) is 5.14. The summed E-state index contributed by atoms with van der Waals surface area (Å²) in [7, 11) is 0. The number of benzene rings is 1. The maximum absolute atomic E-state index is 13.1. The molecule has 2 heterocycles. The molecule has 2 nitrogen and oxygen atoms in total. The minimum absolute atomic E-state index is 0.258. The lowest BCUT2D eigenvalue weighted by atomic mass is 10.1. The van der Waals surface area contributed by atoms with Gasteiger partial charge in [0.1, 0.15) is 11.9 Å². The van der Waals surface area contributed by atoms with Gasteiger partial charge in [-0.05, 0) is 29.7 Å². The van der Waals surface area contributed by atoms with Crippen LogP contribution in [0.3, 0.4) is 0 Å². The lowest BCUT2D eigenvalue weighted by Crippen LogP contribution is -1.96. The standard InChI is InChI=1S/C14H10FNOS/c15-11-4-3-9-6-13(18-12(9)7-11)14(17)10-2-1-5-16-8-10/h1-8,14,17H. The van der Waals surface area contributed by atoms with E-state index in [9.17, 15) is 9.50 Å². The van der Waals surface area contributed by atoms with Gasteiger partial charge in [-0.3, -0.25) is 4.98 Å². The first kappa shape index (κ1) is 11.3. The Kier molecular flexibility index (Phi) is 2.81. The molecule has 0 saturated carbocycles. The molecule has 0 radical (unpaired) electrons. The summed E-state index contributed by atoms with van der Waals surface area (Å²) in [5.41, 5.74) is 0.740. The zero-order chi connectivity index (χ0) is 12.5. The van der Waals surface area contributed by atoms with Crippen LogP contribution in [0.5, 0.6) is 0 Å². The highest BCUT2D eigenvalue weighted by Crippen LogP contribution is 2.33. The Hall–Kier alpha value is -1.78. The maximum Gasteiger partial charge on any atom is 0.124 e. The lowest BCUT2D eigenvalue weighted by molar-refractivity contribution is 0.224. The largest absolute Gasteiger partial charge is 0.383 e. The van der Waals surface area contributed by atoms with Gasteiger partial charge in [0, 0.05) is 27.5 Å². The van der Waals surface area contributed by atoms with Gasteiger partial charge in [0.15, 0.2) is 0 Å². The molecule has 18 heavy (non-hydrogen) atoms. The zero-order valence-corrected chi connectivity index (χ0v) is 10.2. The molecule has 3 rings (SSSR count). The second kappa shape index (κ2) is 4.48. The Morgan fingerprint density at radius 1 is 1.22 bits per heavy atom. The summed E-state index contributed by atoms with van der Waals surface area (Å²) in [6, 6.07) is 10.1. The fourth-order valence-electron chi connectivity index (χ4n) is 1.86. The fourth-order valence-corrected chi connectivity index (χ4v) is 2.97. The molecule has 0 spiro atoms. The van der Waals surface area contributed by atoms with E-state index in [4.69, 9.17) is 0 Å². The highest BCUT2D eigenvalue weighted by molar-refractivity contribution is 7.19. The molecule has 0 aliphatic rings. The van der Waals surface area contributed by atoms with E-state index in [-0.39, 0.29) is 5.82 Å². The maximum atomic E-state index is 13.1. The van der Waals surface area contributed by atoms with Crippen LogP contribution in [-0.4, -0.2) is 10.1 Å². The molecule has 0 bridgehead atoms. The van der Waals surface area contributed by atoms with Gasteiger partial charge in [-0.15, -0.1) is 11.3 Å². The summed E-state index contributed by atoms with van der Waals surface area (Å²) in [6.07, 6.45) is 2.59. The monoisotopic (exact) mass is 259 g/mol. The van der Waals surface area contributed by atoms with Crippen molar-refractivity contribution in [1.82, 2.24) is 4.98 Å². The van der Waals surface area contributed by atoms with Gasteiger partial charge in [0.2, 0.25) is 0 Å². The number of aromatic nitrogens is 1. The third kappa shape index (κ3) is 2.00. The molecule has 1 N–H and O–H groups in total. The van der Waals surface area contributed by atoms with E-state index >= 15 is 0 Å². The molecule has 90 valence electrons. The van der Waals surface area contributed by atoms with E-state index < -0.39 is 6.10 Å². The van der Waals surface area contributed by atoms with Crippen LogP contribution in [0.15, 0.2) is 48.8 Å². The molecule has 0 saturated heterocycles. The number of hydrogen-bond acceptors (Lipinski definition) is 3. The first-order valence-electron chi connectivity index (χ1n) is 5.51. The van der Waals surface area contributed by atoms with E-state index in [2.05, 4.69) is 4.98 Å². The number of rotatable bonds is 2. The third-order valence-corrected chi connectivity index (χ3v) is 3.92. The third-order valence-electron chi connectivity index (χ3n) is 2.77. The van der Waals surface area contributed by atoms with Crippen LogP contribution in [0.4, 0.5) is 4.39 Å². The van der Waals surface area contributed by atoms with Crippen molar-refractivity contribution >= 4 is 21.4 Å². The number of pyridine rings is 1. The van der Waals surface area contributed by atoms with E-state index in [0.29, 0.717) is 0 Å². The Morgan fingerprint density at radius 2 is 2.11 bits per heavy atom. The van der Waals surface area contributed by atoms with E-state index in [0.717, 1.165) is 20.5 Å². The van der Waals surface area contributed by atoms with Gasteiger partial charge in [-0.2, -0.15) is 0 Å². The molecule has 4 heteroatoms. The van der Waals surface area contributed by atoms with Gasteiger partial charge >= 0.3 is 0 Å². The summed E-state index contributed by atoms with van der Waals surface area (Å²) in [4.78, 5) is 4.78.